The van der Waals surface area contributed by atoms with Gasteiger partial charge in [-0.25, -0.2) is 0 Å². The van der Waals surface area contributed by atoms with E-state index < -0.39 is 5.91 Å². The summed E-state index contributed by atoms with van der Waals surface area (Å²) < 4.78 is 0. The van der Waals surface area contributed by atoms with Crippen molar-refractivity contribution >= 4 is 17.7 Å². The molecule has 0 saturated carbocycles. The number of carbonyl (C=O) groups is 3. The van der Waals surface area contributed by atoms with Crippen molar-refractivity contribution in [3.8, 4) is 0 Å². The number of nitrogens with two attached hydrogens (primary N) is 1. The number of nitrogens with zero attached hydrogens (tertiary/aromatic N) is 1. The first kappa shape index (κ1) is 19.9. The number of hydrogen-bond donors (Lipinski definition) is 2. The highest BCUT2D eigenvalue weighted by Crippen LogP contribution is 2.14. The van der Waals surface area contributed by atoms with Gasteiger partial charge in [-0.3, -0.25) is 14.4 Å². The molecule has 0 spiro atoms. The van der Waals surface area contributed by atoms with Gasteiger partial charge < -0.3 is 16.0 Å². The summed E-state index contributed by atoms with van der Waals surface area (Å²) in [7, 11) is 0. The van der Waals surface area contributed by atoms with Gasteiger partial charge in [0.1, 0.15) is 0 Å². The molecule has 2 saturated heterocycles. The molecule has 6 heteroatoms. The van der Waals surface area contributed by atoms with Crippen LogP contribution in [0.15, 0.2) is 24.3 Å². The van der Waals surface area contributed by atoms with Crippen molar-refractivity contribution in [2.75, 3.05) is 19.6 Å². The molecular weight excluding hydrogens is 330 g/mol. The second-order valence-electron chi connectivity index (χ2n) is 6.81. The Kier molecular flexibility index (Phi) is 8.12. The highest BCUT2D eigenvalue weighted by atomic mass is 16.2. The van der Waals surface area contributed by atoms with E-state index in [0.29, 0.717) is 11.1 Å². The van der Waals surface area contributed by atoms with Gasteiger partial charge in [0, 0.05) is 37.2 Å². The lowest BCUT2D eigenvalue weighted by molar-refractivity contribution is -0.120. The van der Waals surface area contributed by atoms with Crippen molar-refractivity contribution in [2.45, 2.75) is 51.4 Å². The molecule has 2 heterocycles. The third-order valence-electron chi connectivity index (χ3n) is 4.71. The number of nitrogens with one attached hydrogen (secondary N) is 1. The Morgan fingerprint density at radius 3 is 2.04 bits per heavy atom. The lowest BCUT2D eigenvalue weighted by Gasteiger charge is -2.20. The number of carbonyl (C=O) groups excluding carboxylic acids is 3. The Balaban J connectivity index is 0.000000254. The third-order valence-corrected chi connectivity index (χ3v) is 4.71. The smallest absolute Gasteiger partial charge is 0.253 e. The highest BCUT2D eigenvalue weighted by Gasteiger charge is 2.17. The zero-order chi connectivity index (χ0) is 18.8. The van der Waals surface area contributed by atoms with Gasteiger partial charge in [0.05, 0.1) is 0 Å². The van der Waals surface area contributed by atoms with Gasteiger partial charge in [0.2, 0.25) is 11.8 Å². The lowest BCUT2D eigenvalue weighted by atomic mass is 10.1. The van der Waals surface area contributed by atoms with Crippen LogP contribution in [0.3, 0.4) is 0 Å². The molecular formula is C20H29N3O3. The van der Waals surface area contributed by atoms with E-state index in [-0.39, 0.29) is 11.8 Å². The largest absolute Gasteiger partial charge is 0.366 e. The molecule has 1 aromatic carbocycles. The van der Waals surface area contributed by atoms with E-state index in [4.69, 9.17) is 5.73 Å². The van der Waals surface area contributed by atoms with Gasteiger partial charge in [0.15, 0.2) is 0 Å². The zero-order valence-corrected chi connectivity index (χ0v) is 15.3. The summed E-state index contributed by atoms with van der Waals surface area (Å²) in [5.41, 5.74) is 6.23. The van der Waals surface area contributed by atoms with Gasteiger partial charge in [-0.1, -0.05) is 19.3 Å². The molecule has 2 aliphatic rings. The van der Waals surface area contributed by atoms with Crippen molar-refractivity contribution in [1.29, 1.82) is 0 Å². The van der Waals surface area contributed by atoms with Crippen LogP contribution in [0.5, 0.6) is 0 Å². The fraction of sp³-hybridized carbons (Fsp3) is 0.550. The van der Waals surface area contributed by atoms with E-state index in [1.54, 1.807) is 24.3 Å². The number of primary amides is 1. The Bertz CT molecular complexity index is 595. The molecule has 6 nitrogen and oxygen atoms in total. The Morgan fingerprint density at radius 2 is 1.42 bits per heavy atom. The number of rotatable bonds is 2. The molecule has 0 aromatic heterocycles. The van der Waals surface area contributed by atoms with Crippen LogP contribution in [0.1, 0.15) is 72.1 Å². The van der Waals surface area contributed by atoms with Crippen LogP contribution >= 0.6 is 0 Å². The van der Waals surface area contributed by atoms with Crippen molar-refractivity contribution < 1.29 is 14.4 Å². The summed E-state index contributed by atoms with van der Waals surface area (Å²) in [6, 6.07) is 6.56. The van der Waals surface area contributed by atoms with Crippen LogP contribution in [0, 0.1) is 0 Å². The van der Waals surface area contributed by atoms with Gasteiger partial charge in [-0.05, 0) is 49.9 Å². The van der Waals surface area contributed by atoms with E-state index in [2.05, 4.69) is 5.32 Å². The number of amides is 3. The molecule has 3 amide bonds. The molecule has 0 unspecified atom stereocenters. The predicted octanol–water partition coefficient (Wildman–Crippen LogP) is 2.48. The topological polar surface area (TPSA) is 92.5 Å². The van der Waals surface area contributed by atoms with Gasteiger partial charge in [-0.2, -0.15) is 0 Å². The fourth-order valence-electron chi connectivity index (χ4n) is 3.14. The molecule has 2 fully saturated rings. The first-order chi connectivity index (χ1) is 12.6. The third kappa shape index (κ3) is 6.50. The molecule has 3 N–H and O–H groups in total. The van der Waals surface area contributed by atoms with Crippen molar-refractivity contribution in [3.63, 3.8) is 0 Å². The maximum Gasteiger partial charge on any atom is 0.253 e. The predicted molar refractivity (Wildman–Crippen MR) is 101 cm³/mol. The Labute approximate surface area is 155 Å². The SMILES string of the molecule is NC(=O)c1ccc(C(=O)N2CCCCCC2)cc1.O=C1CCCCCN1. The second-order valence-corrected chi connectivity index (χ2v) is 6.81. The van der Waals surface area contributed by atoms with Crippen LogP contribution in [0.25, 0.3) is 0 Å². The van der Waals surface area contributed by atoms with Crippen molar-refractivity contribution in [3.05, 3.63) is 35.4 Å². The quantitative estimate of drug-likeness (QED) is 0.849. The molecule has 0 atom stereocenters. The second kappa shape index (κ2) is 10.6. The average molecular weight is 359 g/mol. The summed E-state index contributed by atoms with van der Waals surface area (Å²) in [5.74, 6) is -0.195. The number of likely N-dealkylation sites (tertiary alicyclic amines) is 1. The minimum absolute atomic E-state index is 0.0490. The number of hydrogen-bond acceptors (Lipinski definition) is 3. The lowest BCUT2D eigenvalue weighted by Crippen LogP contribution is -2.31. The number of benzene rings is 1. The molecule has 0 bridgehead atoms. The monoisotopic (exact) mass is 359 g/mol. The van der Waals surface area contributed by atoms with Crippen LogP contribution in [-0.4, -0.2) is 42.3 Å². The molecule has 1 aromatic rings. The van der Waals surface area contributed by atoms with Crippen molar-refractivity contribution in [2.24, 2.45) is 5.73 Å². The van der Waals surface area contributed by atoms with Crippen LogP contribution in [-0.2, 0) is 4.79 Å². The molecule has 0 radical (unpaired) electrons. The van der Waals surface area contributed by atoms with E-state index in [1.165, 1.54) is 19.3 Å². The minimum atomic E-state index is -0.469. The first-order valence-corrected chi connectivity index (χ1v) is 9.54. The normalized spacial score (nSPS) is 17.8. The molecule has 142 valence electrons. The van der Waals surface area contributed by atoms with Gasteiger partial charge in [-0.15, -0.1) is 0 Å². The van der Waals surface area contributed by atoms with E-state index >= 15 is 0 Å². The Morgan fingerprint density at radius 1 is 0.846 bits per heavy atom. The zero-order valence-electron chi connectivity index (χ0n) is 15.3. The molecule has 3 rings (SSSR count). The van der Waals surface area contributed by atoms with Crippen LogP contribution < -0.4 is 11.1 Å². The highest BCUT2D eigenvalue weighted by molar-refractivity contribution is 5.97. The van der Waals surface area contributed by atoms with Gasteiger partial charge in [0.25, 0.3) is 5.91 Å². The minimum Gasteiger partial charge on any atom is -0.366 e. The maximum atomic E-state index is 12.2. The van der Waals surface area contributed by atoms with Crippen molar-refractivity contribution in [1.82, 2.24) is 10.2 Å². The van der Waals surface area contributed by atoms with Crippen LogP contribution in [0.2, 0.25) is 0 Å². The molecule has 2 aliphatic heterocycles. The molecule has 26 heavy (non-hydrogen) atoms. The van der Waals surface area contributed by atoms with E-state index in [1.807, 2.05) is 4.90 Å². The summed E-state index contributed by atoms with van der Waals surface area (Å²) in [6.45, 7) is 2.55. The summed E-state index contributed by atoms with van der Waals surface area (Å²) in [5, 5.41) is 2.81. The molecule has 0 aliphatic carbocycles. The summed E-state index contributed by atoms with van der Waals surface area (Å²) in [4.78, 5) is 35.7. The van der Waals surface area contributed by atoms with Gasteiger partial charge >= 0.3 is 0 Å². The standard InChI is InChI=1S/C14H18N2O2.C6H11NO/c15-13(17)11-5-7-12(8-6-11)14(18)16-9-3-1-2-4-10-16;8-6-4-2-1-3-5-7-6/h5-8H,1-4,9-10H2,(H2,15,17);1-5H2,(H,7,8). The van der Waals surface area contributed by atoms with E-state index in [0.717, 1.165) is 51.7 Å². The van der Waals surface area contributed by atoms with Crippen LogP contribution in [0.4, 0.5) is 0 Å². The maximum absolute atomic E-state index is 12.2. The summed E-state index contributed by atoms with van der Waals surface area (Å²) in [6.07, 6.45) is 8.72. The summed E-state index contributed by atoms with van der Waals surface area (Å²) >= 11 is 0. The average Bonchev–Trinajstić information content (AvgIpc) is 3.06. The fourth-order valence-corrected chi connectivity index (χ4v) is 3.14. The first-order valence-electron chi connectivity index (χ1n) is 9.54. The Hall–Kier alpha value is -2.37. The van der Waals surface area contributed by atoms with E-state index in [9.17, 15) is 14.4 Å².